The highest BCUT2D eigenvalue weighted by Gasteiger charge is 2.31. The molecule has 0 spiro atoms. The maximum absolute atomic E-state index is 11.8. The largest absolute Gasteiger partial charge is 0.477 e. The van der Waals surface area contributed by atoms with Gasteiger partial charge in [-0.2, -0.15) is 0 Å². The Kier molecular flexibility index (Phi) is 4.34. The summed E-state index contributed by atoms with van der Waals surface area (Å²) in [5.74, 6) is -1.49. The Hall–Kier alpha value is -2.37. The normalized spacial score (nSPS) is 17.2. The third-order valence-electron chi connectivity index (χ3n) is 3.00. The van der Waals surface area contributed by atoms with Crippen molar-refractivity contribution in [3.63, 3.8) is 0 Å². The van der Waals surface area contributed by atoms with Crippen LogP contribution in [0.3, 0.4) is 0 Å². The number of rotatable bonds is 5. The van der Waals surface area contributed by atoms with Crippen LogP contribution in [0.2, 0.25) is 0 Å². The minimum Gasteiger partial charge on any atom is -0.477 e. The number of hydrogen-bond donors (Lipinski definition) is 2. The summed E-state index contributed by atoms with van der Waals surface area (Å²) < 4.78 is 0. The van der Waals surface area contributed by atoms with Gasteiger partial charge in [-0.05, 0) is 18.9 Å². The van der Waals surface area contributed by atoms with Crippen LogP contribution in [-0.4, -0.2) is 35.3 Å². The molecule has 1 unspecified atom stereocenters. The van der Waals surface area contributed by atoms with Crippen molar-refractivity contribution in [3.05, 3.63) is 35.4 Å². The number of hydrogen-bond acceptors (Lipinski definition) is 4. The van der Waals surface area contributed by atoms with Gasteiger partial charge in [-0.3, -0.25) is 4.79 Å². The second kappa shape index (κ2) is 6.18. The molecule has 0 bridgehead atoms. The van der Waals surface area contributed by atoms with E-state index >= 15 is 0 Å². The van der Waals surface area contributed by atoms with Gasteiger partial charge in [0.2, 0.25) is 6.10 Å². The molecular weight excluding hydrogens is 260 g/mol. The molecule has 0 saturated carbocycles. The minimum atomic E-state index is -1.15. The highest BCUT2D eigenvalue weighted by atomic mass is 16.6. The van der Waals surface area contributed by atoms with Gasteiger partial charge in [0.1, 0.15) is 0 Å². The van der Waals surface area contributed by atoms with Gasteiger partial charge in [-0.15, -0.1) is 0 Å². The van der Waals surface area contributed by atoms with Crippen molar-refractivity contribution in [2.45, 2.75) is 25.9 Å². The number of carbonyl (C=O) groups is 2. The van der Waals surface area contributed by atoms with Crippen LogP contribution in [0.15, 0.2) is 29.4 Å². The van der Waals surface area contributed by atoms with Gasteiger partial charge < -0.3 is 15.3 Å². The molecular formula is C14H16N2O4. The molecule has 6 nitrogen and oxygen atoms in total. The fourth-order valence-electron chi connectivity index (χ4n) is 1.96. The van der Waals surface area contributed by atoms with E-state index in [0.29, 0.717) is 13.0 Å². The summed E-state index contributed by atoms with van der Waals surface area (Å²) in [7, 11) is 0. The summed E-state index contributed by atoms with van der Waals surface area (Å²) >= 11 is 0. The van der Waals surface area contributed by atoms with Gasteiger partial charge >= 0.3 is 5.97 Å². The van der Waals surface area contributed by atoms with E-state index in [-0.39, 0.29) is 18.0 Å². The van der Waals surface area contributed by atoms with Gasteiger partial charge in [0.25, 0.3) is 5.91 Å². The third kappa shape index (κ3) is 3.57. The summed E-state index contributed by atoms with van der Waals surface area (Å²) in [6.45, 7) is 2.49. The highest BCUT2D eigenvalue weighted by molar-refractivity contribution is 6.36. The summed E-state index contributed by atoms with van der Waals surface area (Å²) in [5.41, 5.74) is 2.19. The van der Waals surface area contributed by atoms with Crippen molar-refractivity contribution in [1.29, 1.82) is 0 Å². The van der Waals surface area contributed by atoms with E-state index in [4.69, 9.17) is 9.94 Å². The van der Waals surface area contributed by atoms with Crippen molar-refractivity contribution >= 4 is 17.6 Å². The van der Waals surface area contributed by atoms with E-state index < -0.39 is 12.1 Å². The monoisotopic (exact) mass is 276 g/mol. The summed E-state index contributed by atoms with van der Waals surface area (Å²) in [6.07, 6.45) is -0.114. The number of nitrogens with zero attached hydrogens (tertiary/aromatic N) is 1. The number of nitrogens with one attached hydrogen (secondary N) is 1. The standard InChI is InChI=1S/C14H16N2O4/c1-9-3-2-4-10(7-9)5-6-15-13(17)12-8-11(14(18)19)16-20-12/h2-4,7,12H,5-6,8H2,1H3,(H,15,17)(H,18,19). The number of carboxylic acid groups (broad SMARTS) is 1. The second-order valence-electron chi connectivity index (χ2n) is 4.67. The molecule has 1 amide bonds. The average molecular weight is 276 g/mol. The molecule has 0 fully saturated rings. The van der Waals surface area contributed by atoms with Crippen LogP contribution in [0.25, 0.3) is 0 Å². The number of amides is 1. The lowest BCUT2D eigenvalue weighted by Gasteiger charge is -2.09. The molecule has 6 heteroatoms. The Morgan fingerprint density at radius 3 is 2.95 bits per heavy atom. The number of aliphatic carboxylic acids is 1. The van der Waals surface area contributed by atoms with E-state index in [1.54, 1.807) is 0 Å². The molecule has 1 aromatic rings. The number of carboxylic acids is 1. The Morgan fingerprint density at radius 2 is 2.30 bits per heavy atom. The lowest BCUT2D eigenvalue weighted by molar-refractivity contribution is -0.131. The first-order valence-electron chi connectivity index (χ1n) is 6.35. The number of carbonyl (C=O) groups excluding carboxylic acids is 1. The lowest BCUT2D eigenvalue weighted by Crippen LogP contribution is -2.36. The molecule has 0 aromatic heterocycles. The van der Waals surface area contributed by atoms with Crippen LogP contribution in [0.1, 0.15) is 17.5 Å². The quantitative estimate of drug-likeness (QED) is 0.835. The average Bonchev–Trinajstić information content (AvgIpc) is 2.88. The molecule has 1 aliphatic rings. The van der Waals surface area contributed by atoms with Gasteiger partial charge in [0, 0.05) is 13.0 Å². The topological polar surface area (TPSA) is 88.0 Å². The van der Waals surface area contributed by atoms with Crippen LogP contribution in [-0.2, 0) is 20.8 Å². The van der Waals surface area contributed by atoms with E-state index in [9.17, 15) is 9.59 Å². The first kappa shape index (κ1) is 14.0. The predicted molar refractivity (Wildman–Crippen MR) is 72.5 cm³/mol. The van der Waals surface area contributed by atoms with E-state index in [2.05, 4.69) is 16.5 Å². The molecule has 1 heterocycles. The molecule has 2 N–H and O–H groups in total. The second-order valence-corrected chi connectivity index (χ2v) is 4.67. The number of benzene rings is 1. The Balaban J connectivity index is 1.75. The zero-order valence-corrected chi connectivity index (χ0v) is 11.1. The van der Waals surface area contributed by atoms with Crippen molar-refractivity contribution in [3.8, 4) is 0 Å². The fraction of sp³-hybridized carbons (Fsp3) is 0.357. The zero-order valence-electron chi connectivity index (χ0n) is 11.1. The van der Waals surface area contributed by atoms with Crippen molar-refractivity contribution in [2.24, 2.45) is 5.16 Å². The lowest BCUT2D eigenvalue weighted by atomic mass is 10.1. The maximum Gasteiger partial charge on any atom is 0.353 e. The van der Waals surface area contributed by atoms with Crippen LogP contribution < -0.4 is 5.32 Å². The Morgan fingerprint density at radius 1 is 1.50 bits per heavy atom. The van der Waals surface area contributed by atoms with Crippen LogP contribution in [0.4, 0.5) is 0 Å². The van der Waals surface area contributed by atoms with Gasteiger partial charge in [0.05, 0.1) is 0 Å². The van der Waals surface area contributed by atoms with Crippen LogP contribution in [0.5, 0.6) is 0 Å². The zero-order chi connectivity index (χ0) is 14.5. The molecule has 2 rings (SSSR count). The molecule has 0 aliphatic carbocycles. The predicted octanol–water partition coefficient (Wildman–Crippen LogP) is 0.883. The molecule has 0 radical (unpaired) electrons. The van der Waals surface area contributed by atoms with E-state index in [1.165, 1.54) is 5.56 Å². The number of aryl methyl sites for hydroxylation is 1. The maximum atomic E-state index is 11.8. The highest BCUT2D eigenvalue weighted by Crippen LogP contribution is 2.11. The summed E-state index contributed by atoms with van der Waals surface area (Å²) in [5, 5.41) is 14.8. The summed E-state index contributed by atoms with van der Waals surface area (Å²) in [6, 6.07) is 8.04. The molecule has 1 aromatic carbocycles. The number of oxime groups is 1. The van der Waals surface area contributed by atoms with Crippen molar-refractivity contribution in [2.75, 3.05) is 6.54 Å². The first-order chi connectivity index (χ1) is 9.56. The molecule has 1 aliphatic heterocycles. The Bertz CT molecular complexity index is 554. The van der Waals surface area contributed by atoms with Gasteiger partial charge in [-0.25, -0.2) is 4.79 Å². The molecule has 106 valence electrons. The van der Waals surface area contributed by atoms with Crippen LogP contribution >= 0.6 is 0 Å². The first-order valence-corrected chi connectivity index (χ1v) is 6.35. The minimum absolute atomic E-state index is 0.00557. The molecule has 1 atom stereocenters. The van der Waals surface area contributed by atoms with Gasteiger partial charge in [0.15, 0.2) is 5.71 Å². The van der Waals surface area contributed by atoms with E-state index in [1.807, 2.05) is 25.1 Å². The van der Waals surface area contributed by atoms with Crippen LogP contribution in [0, 0.1) is 6.92 Å². The van der Waals surface area contributed by atoms with Crippen molar-refractivity contribution in [1.82, 2.24) is 5.32 Å². The fourth-order valence-corrected chi connectivity index (χ4v) is 1.96. The van der Waals surface area contributed by atoms with Crippen molar-refractivity contribution < 1.29 is 19.5 Å². The molecule has 0 saturated heterocycles. The third-order valence-corrected chi connectivity index (χ3v) is 3.00. The smallest absolute Gasteiger partial charge is 0.353 e. The van der Waals surface area contributed by atoms with Gasteiger partial charge in [-0.1, -0.05) is 35.0 Å². The van der Waals surface area contributed by atoms with E-state index in [0.717, 1.165) is 5.56 Å². The Labute approximate surface area is 116 Å². The molecule has 20 heavy (non-hydrogen) atoms. The SMILES string of the molecule is Cc1cccc(CCNC(=O)C2CC(C(=O)O)=NO2)c1. The summed E-state index contributed by atoms with van der Waals surface area (Å²) in [4.78, 5) is 27.2.